The first kappa shape index (κ1) is 23.9. The van der Waals surface area contributed by atoms with E-state index < -0.39 is 0 Å². The number of hydrogen-bond acceptors (Lipinski definition) is 6. The molecule has 0 aliphatic heterocycles. The minimum Gasteiger partial charge on any atom is -0.344 e. The van der Waals surface area contributed by atoms with Crippen LogP contribution in [0, 0.1) is 17.2 Å². The lowest BCUT2D eigenvalue weighted by Gasteiger charge is -2.24. The Morgan fingerprint density at radius 3 is 2.82 bits per heavy atom. The Labute approximate surface area is 194 Å². The van der Waals surface area contributed by atoms with Crippen LogP contribution in [0.1, 0.15) is 59.4 Å². The normalized spacial score (nSPS) is 15.8. The molecule has 170 valence electrons. The number of carbonyl (C=O) groups excluding carboxylic acids is 1. The SMILES string of the molecule is CCC(C)C1=C(/C(C)=C(/C=N\C(C)C)NC(=C=O)c2cnn3cccnc23)C=C(C#N)CC1. The minimum absolute atomic E-state index is 0.0801. The van der Waals surface area contributed by atoms with Gasteiger partial charge in [0.25, 0.3) is 0 Å². The molecule has 2 heterocycles. The smallest absolute Gasteiger partial charge is 0.165 e. The van der Waals surface area contributed by atoms with Crippen LogP contribution in [0.5, 0.6) is 0 Å². The molecule has 3 rings (SSSR count). The maximum atomic E-state index is 12.0. The van der Waals surface area contributed by atoms with Gasteiger partial charge in [-0.15, -0.1) is 0 Å². The van der Waals surface area contributed by atoms with Gasteiger partial charge in [0, 0.05) is 30.2 Å². The van der Waals surface area contributed by atoms with E-state index in [1.807, 2.05) is 32.8 Å². The Morgan fingerprint density at radius 2 is 2.15 bits per heavy atom. The average Bonchev–Trinajstić information content (AvgIpc) is 3.27. The summed E-state index contributed by atoms with van der Waals surface area (Å²) in [5, 5.41) is 17.1. The van der Waals surface area contributed by atoms with E-state index in [2.05, 4.69) is 40.3 Å². The topological polar surface area (TPSA) is 95.4 Å². The van der Waals surface area contributed by atoms with Gasteiger partial charge in [0.05, 0.1) is 23.5 Å². The lowest BCUT2D eigenvalue weighted by Crippen LogP contribution is -2.18. The van der Waals surface area contributed by atoms with Crippen LogP contribution in [-0.2, 0) is 4.79 Å². The molecule has 7 nitrogen and oxygen atoms in total. The first-order valence-electron chi connectivity index (χ1n) is 11.3. The molecule has 0 saturated heterocycles. The number of hydrogen-bond donors (Lipinski definition) is 1. The van der Waals surface area contributed by atoms with Crippen LogP contribution in [0.25, 0.3) is 11.3 Å². The molecule has 0 amide bonds. The maximum absolute atomic E-state index is 12.0. The molecule has 7 heteroatoms. The summed E-state index contributed by atoms with van der Waals surface area (Å²) in [5.74, 6) is 2.41. The summed E-state index contributed by atoms with van der Waals surface area (Å²) in [6, 6.07) is 4.17. The lowest BCUT2D eigenvalue weighted by molar-refractivity contribution is 0.569. The Hall–Kier alpha value is -3.75. The van der Waals surface area contributed by atoms with Crippen molar-refractivity contribution in [2.24, 2.45) is 10.9 Å². The van der Waals surface area contributed by atoms with Crippen molar-refractivity contribution in [3.8, 4) is 6.07 Å². The van der Waals surface area contributed by atoms with Crippen LogP contribution in [-0.4, -0.2) is 32.8 Å². The molecule has 1 N–H and O–H groups in total. The molecule has 1 atom stereocenters. The van der Waals surface area contributed by atoms with E-state index in [1.54, 1.807) is 35.4 Å². The highest BCUT2D eigenvalue weighted by Crippen LogP contribution is 2.35. The number of fused-ring (bicyclic) bond motifs is 1. The van der Waals surface area contributed by atoms with Crippen LogP contribution in [0.15, 0.2) is 63.7 Å². The predicted molar refractivity (Wildman–Crippen MR) is 131 cm³/mol. The minimum atomic E-state index is 0.0801. The largest absolute Gasteiger partial charge is 0.344 e. The number of aromatic nitrogens is 3. The summed E-state index contributed by atoms with van der Waals surface area (Å²) >= 11 is 0. The molecule has 0 fully saturated rings. The van der Waals surface area contributed by atoms with Gasteiger partial charge in [-0.2, -0.15) is 10.4 Å². The van der Waals surface area contributed by atoms with Crippen LogP contribution in [0.3, 0.4) is 0 Å². The number of rotatable bonds is 8. The molecule has 0 radical (unpaired) electrons. The molecule has 0 bridgehead atoms. The van der Waals surface area contributed by atoms with Gasteiger partial charge in [-0.25, -0.2) is 14.3 Å². The zero-order chi connectivity index (χ0) is 24.0. The van der Waals surface area contributed by atoms with Gasteiger partial charge < -0.3 is 5.32 Å². The third-order valence-electron chi connectivity index (χ3n) is 5.90. The fourth-order valence-corrected chi connectivity index (χ4v) is 3.82. The van der Waals surface area contributed by atoms with Gasteiger partial charge in [0.15, 0.2) is 11.6 Å². The van der Waals surface area contributed by atoms with E-state index in [9.17, 15) is 10.1 Å². The second kappa shape index (κ2) is 10.7. The molecule has 2 aromatic rings. The van der Waals surface area contributed by atoms with Crippen molar-refractivity contribution in [2.45, 2.75) is 59.9 Å². The van der Waals surface area contributed by atoms with Gasteiger partial charge in [0.1, 0.15) is 5.70 Å². The number of nitrogens with zero attached hydrogens (tertiary/aromatic N) is 5. The van der Waals surface area contributed by atoms with Crippen molar-refractivity contribution in [2.75, 3.05) is 0 Å². The third-order valence-corrected chi connectivity index (χ3v) is 5.90. The maximum Gasteiger partial charge on any atom is 0.165 e. The van der Waals surface area contributed by atoms with E-state index in [0.717, 1.165) is 36.0 Å². The molecular formula is C26H30N6O. The van der Waals surface area contributed by atoms with Gasteiger partial charge >= 0.3 is 0 Å². The summed E-state index contributed by atoms with van der Waals surface area (Å²) in [4.78, 5) is 20.9. The first-order chi connectivity index (χ1) is 15.9. The molecule has 2 aromatic heterocycles. The Kier molecular flexibility index (Phi) is 7.76. The van der Waals surface area contributed by atoms with Crippen molar-refractivity contribution in [1.82, 2.24) is 19.9 Å². The van der Waals surface area contributed by atoms with Crippen LogP contribution < -0.4 is 5.32 Å². The number of nitrogens with one attached hydrogen (secondary N) is 1. The van der Waals surface area contributed by atoms with Crippen molar-refractivity contribution >= 4 is 23.5 Å². The number of allylic oxidation sites excluding steroid dienone is 6. The molecule has 0 spiro atoms. The quantitative estimate of drug-likeness (QED) is 0.467. The van der Waals surface area contributed by atoms with E-state index in [1.165, 1.54) is 5.57 Å². The van der Waals surface area contributed by atoms with Crippen LogP contribution in [0.4, 0.5) is 0 Å². The molecule has 1 unspecified atom stereocenters. The average molecular weight is 443 g/mol. The second-order valence-corrected chi connectivity index (χ2v) is 8.49. The highest BCUT2D eigenvalue weighted by atomic mass is 16.1. The highest BCUT2D eigenvalue weighted by Gasteiger charge is 2.21. The fraction of sp³-hybridized carbons (Fsp3) is 0.385. The summed E-state index contributed by atoms with van der Waals surface area (Å²) in [5.41, 5.74) is 6.08. The highest BCUT2D eigenvalue weighted by molar-refractivity contribution is 5.95. The second-order valence-electron chi connectivity index (χ2n) is 8.49. The summed E-state index contributed by atoms with van der Waals surface area (Å²) in [6.07, 6.45) is 11.4. The Morgan fingerprint density at radius 1 is 1.36 bits per heavy atom. The molecule has 0 saturated carbocycles. The summed E-state index contributed by atoms with van der Waals surface area (Å²) in [6.45, 7) is 10.4. The predicted octanol–water partition coefficient (Wildman–Crippen LogP) is 4.83. The standard InChI is InChI=1S/C26H30N6O/c1-6-18(4)21-9-8-20(13-27)12-22(21)19(5)24(15-29-17(2)3)31-25(16-33)23-14-30-32-11-7-10-28-26(23)32/h7,10-12,14-15,17-18,31H,6,8-9H2,1-5H3/b24-19-,29-15-. The monoisotopic (exact) mass is 442 g/mol. The molecule has 33 heavy (non-hydrogen) atoms. The third kappa shape index (κ3) is 5.36. The lowest BCUT2D eigenvalue weighted by atomic mass is 9.81. The van der Waals surface area contributed by atoms with Crippen molar-refractivity contribution in [3.05, 3.63) is 64.3 Å². The zero-order valence-corrected chi connectivity index (χ0v) is 19.9. The van der Waals surface area contributed by atoms with Gasteiger partial charge in [-0.1, -0.05) is 19.4 Å². The number of aliphatic imine (C=N–C) groups is 1. The summed E-state index contributed by atoms with van der Waals surface area (Å²) < 4.78 is 1.61. The first-order valence-corrected chi connectivity index (χ1v) is 11.3. The van der Waals surface area contributed by atoms with E-state index in [4.69, 9.17) is 0 Å². The van der Waals surface area contributed by atoms with E-state index in [-0.39, 0.29) is 11.7 Å². The molecular weight excluding hydrogens is 412 g/mol. The van der Waals surface area contributed by atoms with E-state index in [0.29, 0.717) is 22.8 Å². The summed E-state index contributed by atoms with van der Waals surface area (Å²) in [7, 11) is 0. The zero-order valence-electron chi connectivity index (χ0n) is 19.9. The molecule has 0 aromatic carbocycles. The molecule has 1 aliphatic rings. The van der Waals surface area contributed by atoms with Gasteiger partial charge in [-0.05, 0) is 69.2 Å². The van der Waals surface area contributed by atoms with Crippen LogP contribution >= 0.6 is 0 Å². The Balaban J connectivity index is 2.14. The van der Waals surface area contributed by atoms with E-state index >= 15 is 0 Å². The van der Waals surface area contributed by atoms with Gasteiger partial charge in [-0.3, -0.25) is 4.99 Å². The molecule has 1 aliphatic carbocycles. The van der Waals surface area contributed by atoms with Gasteiger partial charge in [0.2, 0.25) is 0 Å². The number of nitriles is 1. The van der Waals surface area contributed by atoms with Crippen molar-refractivity contribution < 1.29 is 4.79 Å². The fourth-order valence-electron chi connectivity index (χ4n) is 3.82. The Bertz CT molecular complexity index is 1250. The van der Waals surface area contributed by atoms with Crippen LogP contribution in [0.2, 0.25) is 0 Å². The van der Waals surface area contributed by atoms with Crippen molar-refractivity contribution in [3.63, 3.8) is 0 Å². The van der Waals surface area contributed by atoms with Crippen molar-refractivity contribution in [1.29, 1.82) is 5.26 Å².